The Morgan fingerprint density at radius 3 is 2.50 bits per heavy atom. The van der Waals surface area contributed by atoms with Crippen LogP contribution in [0.4, 0.5) is 5.69 Å². The Hall–Kier alpha value is -2.18. The lowest BCUT2D eigenvalue weighted by Gasteiger charge is -2.11. The van der Waals surface area contributed by atoms with Gasteiger partial charge >= 0.3 is 0 Å². The Bertz CT molecular complexity index is 799. The van der Waals surface area contributed by atoms with Crippen molar-refractivity contribution in [1.82, 2.24) is 5.32 Å². The molecular weight excluding hydrogens is 396 g/mol. The van der Waals surface area contributed by atoms with Gasteiger partial charge in [-0.05, 0) is 61.7 Å². The highest BCUT2D eigenvalue weighted by atomic mass is 79.9. The van der Waals surface area contributed by atoms with Crippen LogP contribution in [0.3, 0.4) is 0 Å². The summed E-state index contributed by atoms with van der Waals surface area (Å²) in [6.45, 7) is 3.26. The number of hydrogen-bond acceptors (Lipinski definition) is 3. The van der Waals surface area contributed by atoms with Crippen LogP contribution in [0.25, 0.3) is 0 Å². The molecule has 0 radical (unpaired) electrons. The molecule has 1 atom stereocenters. The van der Waals surface area contributed by atoms with Crippen LogP contribution >= 0.6 is 15.9 Å². The quantitative estimate of drug-likeness (QED) is 0.775. The minimum Gasteiger partial charge on any atom is -0.376 e. The summed E-state index contributed by atoms with van der Waals surface area (Å²) < 4.78 is 6.39. The number of benzene rings is 2. The normalized spacial score (nSPS) is 16.3. The highest BCUT2D eigenvalue weighted by molar-refractivity contribution is 9.10. The molecule has 2 aromatic rings. The maximum absolute atomic E-state index is 12.3. The summed E-state index contributed by atoms with van der Waals surface area (Å²) in [5.74, 6) is -0.331. The molecule has 1 heterocycles. The molecule has 1 fully saturated rings. The number of ether oxygens (including phenoxy) is 1. The monoisotopic (exact) mass is 416 g/mol. The van der Waals surface area contributed by atoms with Crippen LogP contribution in [0.2, 0.25) is 0 Å². The van der Waals surface area contributed by atoms with Crippen LogP contribution in [0.1, 0.15) is 39.1 Å². The van der Waals surface area contributed by atoms with Crippen molar-refractivity contribution in [3.05, 3.63) is 63.6 Å². The molecule has 0 spiro atoms. The van der Waals surface area contributed by atoms with E-state index in [1.54, 1.807) is 36.4 Å². The summed E-state index contributed by atoms with van der Waals surface area (Å²) in [6, 6.07) is 12.3. The van der Waals surface area contributed by atoms with E-state index in [9.17, 15) is 9.59 Å². The van der Waals surface area contributed by atoms with Gasteiger partial charge in [0.2, 0.25) is 0 Å². The lowest BCUT2D eigenvalue weighted by molar-refractivity contribution is 0.0857. The van der Waals surface area contributed by atoms with Gasteiger partial charge < -0.3 is 15.4 Å². The van der Waals surface area contributed by atoms with E-state index in [4.69, 9.17) is 4.74 Å². The first-order valence-corrected chi connectivity index (χ1v) is 9.39. The van der Waals surface area contributed by atoms with Crippen LogP contribution in [-0.4, -0.2) is 31.1 Å². The molecule has 2 N–H and O–H groups in total. The van der Waals surface area contributed by atoms with Crippen LogP contribution in [0.5, 0.6) is 0 Å². The van der Waals surface area contributed by atoms with Crippen molar-refractivity contribution in [3.8, 4) is 0 Å². The molecule has 1 saturated heterocycles. The predicted molar refractivity (Wildman–Crippen MR) is 105 cm³/mol. The average molecular weight is 417 g/mol. The maximum Gasteiger partial charge on any atom is 0.255 e. The zero-order chi connectivity index (χ0) is 18.5. The molecule has 6 heteroatoms. The lowest BCUT2D eigenvalue weighted by Crippen LogP contribution is -2.31. The van der Waals surface area contributed by atoms with Gasteiger partial charge in [-0.25, -0.2) is 0 Å². The van der Waals surface area contributed by atoms with Crippen molar-refractivity contribution in [2.45, 2.75) is 25.9 Å². The summed E-state index contributed by atoms with van der Waals surface area (Å²) >= 11 is 3.43. The number of anilines is 1. The molecular formula is C20H21BrN2O3. The summed E-state index contributed by atoms with van der Waals surface area (Å²) in [7, 11) is 0. The smallest absolute Gasteiger partial charge is 0.255 e. The topological polar surface area (TPSA) is 67.4 Å². The second kappa shape index (κ2) is 8.47. The molecule has 2 amide bonds. The van der Waals surface area contributed by atoms with Gasteiger partial charge in [0.15, 0.2) is 0 Å². The summed E-state index contributed by atoms with van der Waals surface area (Å²) in [5, 5.41) is 5.72. The molecule has 2 aromatic carbocycles. The van der Waals surface area contributed by atoms with Crippen molar-refractivity contribution >= 4 is 33.4 Å². The third kappa shape index (κ3) is 4.71. The maximum atomic E-state index is 12.3. The van der Waals surface area contributed by atoms with Gasteiger partial charge in [-0.15, -0.1) is 0 Å². The number of amides is 2. The van der Waals surface area contributed by atoms with E-state index in [-0.39, 0.29) is 17.9 Å². The first kappa shape index (κ1) is 18.6. The average Bonchev–Trinajstić information content (AvgIpc) is 3.16. The van der Waals surface area contributed by atoms with Gasteiger partial charge in [0, 0.05) is 34.4 Å². The third-order valence-corrected chi connectivity index (χ3v) is 5.21. The fourth-order valence-corrected chi connectivity index (χ4v) is 3.14. The molecule has 1 aliphatic rings. The van der Waals surface area contributed by atoms with Crippen molar-refractivity contribution in [2.24, 2.45) is 0 Å². The van der Waals surface area contributed by atoms with Gasteiger partial charge in [0.1, 0.15) is 0 Å². The van der Waals surface area contributed by atoms with Crippen molar-refractivity contribution in [3.63, 3.8) is 0 Å². The molecule has 0 bridgehead atoms. The minimum absolute atomic E-state index is 0.117. The van der Waals surface area contributed by atoms with Gasteiger partial charge in [-0.1, -0.05) is 22.0 Å². The van der Waals surface area contributed by atoms with Gasteiger partial charge in [0.05, 0.1) is 6.10 Å². The number of halogens is 1. The molecule has 0 saturated carbocycles. The number of carbonyl (C=O) groups is 2. The third-order valence-electron chi connectivity index (χ3n) is 4.35. The first-order valence-electron chi connectivity index (χ1n) is 8.60. The van der Waals surface area contributed by atoms with E-state index in [0.29, 0.717) is 23.4 Å². The van der Waals surface area contributed by atoms with Crippen LogP contribution in [0.15, 0.2) is 46.9 Å². The Balaban J connectivity index is 1.57. The van der Waals surface area contributed by atoms with Crippen molar-refractivity contribution in [1.29, 1.82) is 0 Å². The molecule has 0 aromatic heterocycles. The Labute approximate surface area is 161 Å². The highest BCUT2D eigenvalue weighted by Crippen LogP contribution is 2.19. The molecule has 3 rings (SSSR count). The van der Waals surface area contributed by atoms with Gasteiger partial charge in [-0.2, -0.15) is 0 Å². The van der Waals surface area contributed by atoms with Crippen molar-refractivity contribution in [2.75, 3.05) is 18.5 Å². The SMILES string of the molecule is Cc1ccc(C(=O)Nc2ccc(C(=O)NC[C@@H]3CCCO3)cc2)cc1Br. The second-order valence-corrected chi connectivity index (χ2v) is 7.19. The van der Waals surface area contributed by atoms with E-state index >= 15 is 0 Å². The highest BCUT2D eigenvalue weighted by Gasteiger charge is 2.16. The molecule has 1 aliphatic heterocycles. The number of carbonyl (C=O) groups excluding carboxylic acids is 2. The second-order valence-electron chi connectivity index (χ2n) is 6.34. The Morgan fingerprint density at radius 2 is 1.85 bits per heavy atom. The Kier molecular flexibility index (Phi) is 6.06. The van der Waals surface area contributed by atoms with Gasteiger partial charge in [0.25, 0.3) is 11.8 Å². The van der Waals surface area contributed by atoms with Crippen LogP contribution < -0.4 is 10.6 Å². The standard InChI is InChI=1S/C20H21BrN2O3/c1-13-4-5-15(11-18(13)21)20(25)23-16-8-6-14(7-9-16)19(24)22-12-17-3-2-10-26-17/h4-9,11,17H,2-3,10,12H2,1H3,(H,22,24)(H,23,25)/t17-/m0/s1. The van der Waals surface area contributed by atoms with Crippen LogP contribution in [0, 0.1) is 6.92 Å². The largest absolute Gasteiger partial charge is 0.376 e. The molecule has 0 aliphatic carbocycles. The van der Waals surface area contributed by atoms with E-state index in [2.05, 4.69) is 26.6 Å². The van der Waals surface area contributed by atoms with Crippen LogP contribution in [-0.2, 0) is 4.74 Å². The summed E-state index contributed by atoms with van der Waals surface area (Å²) in [5.41, 5.74) is 2.84. The van der Waals surface area contributed by atoms with E-state index in [1.807, 2.05) is 13.0 Å². The number of nitrogens with one attached hydrogen (secondary N) is 2. The fraction of sp³-hybridized carbons (Fsp3) is 0.300. The molecule has 136 valence electrons. The number of hydrogen-bond donors (Lipinski definition) is 2. The summed E-state index contributed by atoms with van der Waals surface area (Å²) in [6.07, 6.45) is 2.15. The first-order chi connectivity index (χ1) is 12.5. The lowest BCUT2D eigenvalue weighted by atomic mass is 10.1. The van der Waals surface area contributed by atoms with E-state index < -0.39 is 0 Å². The summed E-state index contributed by atoms with van der Waals surface area (Å²) in [4.78, 5) is 24.5. The zero-order valence-corrected chi connectivity index (χ0v) is 16.1. The molecule has 26 heavy (non-hydrogen) atoms. The Morgan fingerprint density at radius 1 is 1.12 bits per heavy atom. The predicted octanol–water partition coefficient (Wildman–Crippen LogP) is 3.92. The number of aryl methyl sites for hydroxylation is 1. The van der Waals surface area contributed by atoms with E-state index in [0.717, 1.165) is 29.5 Å². The fourth-order valence-electron chi connectivity index (χ4n) is 2.76. The minimum atomic E-state index is -0.193. The molecule has 5 nitrogen and oxygen atoms in total. The molecule has 0 unspecified atom stereocenters. The zero-order valence-electron chi connectivity index (χ0n) is 14.5. The number of rotatable bonds is 5. The van der Waals surface area contributed by atoms with E-state index in [1.165, 1.54) is 0 Å². The van der Waals surface area contributed by atoms with Crippen molar-refractivity contribution < 1.29 is 14.3 Å². The van der Waals surface area contributed by atoms with Gasteiger partial charge in [-0.3, -0.25) is 9.59 Å².